The van der Waals surface area contributed by atoms with E-state index in [0.717, 1.165) is 37.2 Å². The summed E-state index contributed by atoms with van der Waals surface area (Å²) in [6.45, 7) is 5.49. The Balaban J connectivity index is 1.10. The fourth-order valence-electron chi connectivity index (χ4n) is 22.7. The number of amides is 1. The van der Waals surface area contributed by atoms with Crippen LogP contribution >= 0.6 is 0 Å². The third-order valence-electron chi connectivity index (χ3n) is 25.6. The van der Waals surface area contributed by atoms with Crippen molar-refractivity contribution < 1.29 is 70.1 Å². The number of fused-ring (bicyclic) bond motifs is 5. The van der Waals surface area contributed by atoms with Crippen molar-refractivity contribution >= 4 is 17.7 Å². The number of rotatable bonds is 13. The van der Waals surface area contributed by atoms with Gasteiger partial charge in [-0.2, -0.15) is 0 Å². The fourth-order valence-corrected chi connectivity index (χ4v) is 22.7. The van der Waals surface area contributed by atoms with Gasteiger partial charge in [0.2, 0.25) is 5.91 Å². The summed E-state index contributed by atoms with van der Waals surface area (Å²) in [6, 6.07) is -0.920. The van der Waals surface area contributed by atoms with E-state index in [4.69, 9.17) is 20.2 Å². The molecule has 8 aliphatic carbocycles. The number of carbonyl (C=O) groups is 2. The van der Waals surface area contributed by atoms with E-state index in [0.29, 0.717) is 70.0 Å². The van der Waals surface area contributed by atoms with Gasteiger partial charge in [0, 0.05) is 71.5 Å². The number of imidazole rings is 2. The van der Waals surface area contributed by atoms with E-state index in [1.54, 1.807) is 12.5 Å². The van der Waals surface area contributed by atoms with Crippen molar-refractivity contribution in [3.63, 3.8) is 0 Å². The van der Waals surface area contributed by atoms with Gasteiger partial charge in [0.15, 0.2) is 6.29 Å². The van der Waals surface area contributed by atoms with Gasteiger partial charge < -0.3 is 86.9 Å². The van der Waals surface area contributed by atoms with Gasteiger partial charge in [-0.1, -0.05) is 56.9 Å². The minimum absolute atomic E-state index is 0.0734. The second kappa shape index (κ2) is 19.6. The molecule has 25 atom stereocenters. The van der Waals surface area contributed by atoms with Gasteiger partial charge >= 0.3 is 5.97 Å². The van der Waals surface area contributed by atoms with Crippen molar-refractivity contribution in [2.24, 2.45) is 96.9 Å². The Labute approximate surface area is 472 Å². The molecule has 2 bridgehead atoms. The number of hydrogen-bond acceptors (Lipinski definition) is 17. The number of nitrogens with two attached hydrogens (primary N) is 1. The Morgan fingerprint density at radius 1 is 0.951 bits per heavy atom. The summed E-state index contributed by atoms with van der Waals surface area (Å²) in [5, 5.41) is 125. The fraction of sp³-hybridized carbons (Fsp3) is 0.800. The van der Waals surface area contributed by atoms with Crippen LogP contribution in [0.25, 0.3) is 0 Å². The molecule has 16 N–H and O–H groups in total. The summed E-state index contributed by atoms with van der Waals surface area (Å²) in [7, 11) is 0. The summed E-state index contributed by atoms with van der Waals surface area (Å²) in [4.78, 5) is 45.3. The molecule has 13 rings (SSSR count). The standard InChI is InChI=1S/C60H87N7O14/c1-54(24-69)14-15-57(53(78)79)34(19-54)32-9-13-59-29-8-12-58(32,33-17-36-50(66-27-65-36)63-20-35(33)57)56(59,3)11-10-40-55(2,25-70)49(81-52-48(76)46(74)39(72)23-80-52)47(75)44(60(40,59)28-6-4-5-7-28)30(16-29)42-31(22-68)51(77)67-45(42)43(37-21-62-26-64-37)38(71)18-41(61)73/h9,16,21,26-28,30-31,33-35,38-49,52,63,68-76H,4-8,10-15,17-20,22-25,61H2,1-3H3,(H,62,64)(H,65,66)(H,67,77)(H,78,79). The van der Waals surface area contributed by atoms with Crippen LogP contribution in [-0.4, -0.2) is 171 Å². The zero-order valence-corrected chi connectivity index (χ0v) is 46.9. The predicted octanol–water partition coefficient (Wildman–Crippen LogP) is 1.81. The molecule has 0 aromatic carbocycles. The number of aliphatic hydroxyl groups is 9. The summed E-state index contributed by atoms with van der Waals surface area (Å²) < 4.78 is 13.0. The summed E-state index contributed by atoms with van der Waals surface area (Å²) in [6.07, 6.45) is 5.88. The van der Waals surface area contributed by atoms with Crippen molar-refractivity contribution in [3.05, 3.63) is 53.5 Å². The third-order valence-corrected chi connectivity index (χ3v) is 25.6. The molecule has 81 heavy (non-hydrogen) atoms. The van der Waals surface area contributed by atoms with Gasteiger partial charge in [0.25, 0.3) is 0 Å². The smallest absolute Gasteiger partial charge is 0.310 e. The van der Waals surface area contributed by atoms with E-state index < -0.39 is 160 Å². The van der Waals surface area contributed by atoms with Crippen LogP contribution in [0.1, 0.15) is 122 Å². The minimum Gasteiger partial charge on any atom is -0.481 e. The first-order chi connectivity index (χ1) is 38.7. The summed E-state index contributed by atoms with van der Waals surface area (Å²) >= 11 is 0. The molecular weight excluding hydrogens is 1040 g/mol. The van der Waals surface area contributed by atoms with Crippen LogP contribution in [0.2, 0.25) is 0 Å². The van der Waals surface area contributed by atoms with Gasteiger partial charge in [-0.25, -0.2) is 9.97 Å². The molecule has 2 aromatic rings. The van der Waals surface area contributed by atoms with E-state index in [2.05, 4.69) is 51.6 Å². The van der Waals surface area contributed by atoms with Crippen LogP contribution in [-0.2, 0) is 25.5 Å². The maximum absolute atomic E-state index is 14.9. The van der Waals surface area contributed by atoms with E-state index in [1.165, 1.54) is 17.5 Å². The zero-order chi connectivity index (χ0) is 57.1. The van der Waals surface area contributed by atoms with Crippen molar-refractivity contribution in [2.45, 2.75) is 172 Å². The van der Waals surface area contributed by atoms with Gasteiger partial charge in [-0.15, -0.1) is 0 Å². The Kier molecular flexibility index (Phi) is 13.6. The minimum atomic E-state index is -1.73. The highest BCUT2D eigenvalue weighted by molar-refractivity contribution is 5.82. The number of aliphatic carboxylic acids is 1. The molecule has 446 valence electrons. The molecule has 21 heteroatoms. The Morgan fingerprint density at radius 2 is 1.73 bits per heavy atom. The van der Waals surface area contributed by atoms with Crippen LogP contribution in [0.15, 0.2) is 42.1 Å². The lowest BCUT2D eigenvalue weighted by atomic mass is 9.19. The second-order valence-corrected chi connectivity index (χ2v) is 28.2. The molecule has 0 radical (unpaired) electrons. The number of aromatic amines is 2. The summed E-state index contributed by atoms with van der Waals surface area (Å²) in [5.41, 5.74) is 3.82. The Hall–Kier alpha value is -3.84. The van der Waals surface area contributed by atoms with Gasteiger partial charge in [-0.05, 0) is 122 Å². The Bertz CT molecular complexity index is 2810. The molecule has 11 aliphatic rings. The van der Waals surface area contributed by atoms with Gasteiger partial charge in [0.05, 0.1) is 67.8 Å². The first kappa shape index (κ1) is 56.3. The van der Waals surface area contributed by atoms with E-state index in [9.17, 15) is 60.7 Å². The quantitative estimate of drug-likeness (QED) is 0.0772. The molecule has 3 aliphatic heterocycles. The zero-order valence-electron chi connectivity index (χ0n) is 46.9. The van der Waals surface area contributed by atoms with Crippen LogP contribution in [0.4, 0.5) is 5.82 Å². The van der Waals surface area contributed by atoms with E-state index in [-0.39, 0.29) is 37.4 Å². The van der Waals surface area contributed by atoms with E-state index in [1.807, 2.05) is 6.92 Å². The van der Waals surface area contributed by atoms with Crippen LogP contribution in [0.5, 0.6) is 0 Å². The molecule has 1 amide bonds. The third kappa shape index (κ3) is 7.20. The number of carboxylic acids is 1. The number of ether oxygens (including phenoxy) is 2. The highest BCUT2D eigenvalue weighted by Gasteiger charge is 2.87. The average Bonchev–Trinajstić information content (AvgIpc) is 1.08. The highest BCUT2D eigenvalue weighted by Crippen LogP contribution is 2.90. The lowest BCUT2D eigenvalue weighted by Crippen LogP contribution is -2.82. The van der Waals surface area contributed by atoms with Crippen LogP contribution in [0.3, 0.4) is 0 Å². The van der Waals surface area contributed by atoms with Crippen molar-refractivity contribution in [2.75, 3.05) is 38.3 Å². The maximum Gasteiger partial charge on any atom is 0.310 e. The van der Waals surface area contributed by atoms with Crippen molar-refractivity contribution in [1.29, 1.82) is 0 Å². The van der Waals surface area contributed by atoms with Crippen molar-refractivity contribution in [1.82, 2.24) is 25.3 Å². The number of allylic oxidation sites excluding steroid dienone is 4. The predicted molar refractivity (Wildman–Crippen MR) is 289 cm³/mol. The number of carboxylic acid groups (broad SMARTS) is 1. The SMILES string of the molecule is CC1(CO)CCC2(C(=O)O)C(C1)C1=CCC34C5=CC(C6C(CO)C(=O)NC6C(c6cnc[nH]6)C(O)CC(N)O)C6C(O)C(OC7OCC(O)C(O)C7O)C(C)(CO)C(CCC3(C)C1(CC5)C1Cc3[nH]cnc3NCC12)C64C1CCCC1. The number of aliphatic hydroxyl groups excluding tert-OH is 9. The van der Waals surface area contributed by atoms with Gasteiger partial charge in [0.1, 0.15) is 30.4 Å². The molecule has 25 unspecified atom stereocenters. The lowest BCUT2D eigenvalue weighted by molar-refractivity contribution is -0.374. The number of carbonyl (C=O) groups excluding carboxylic acids is 1. The number of aromatic nitrogens is 4. The molecule has 2 spiro atoms. The van der Waals surface area contributed by atoms with Crippen LogP contribution < -0.4 is 16.4 Å². The van der Waals surface area contributed by atoms with Crippen LogP contribution in [0, 0.1) is 91.2 Å². The van der Waals surface area contributed by atoms with E-state index >= 15 is 0 Å². The number of H-pyrrole nitrogens is 2. The first-order valence-electron chi connectivity index (χ1n) is 30.3. The van der Waals surface area contributed by atoms with Crippen molar-refractivity contribution in [3.8, 4) is 0 Å². The largest absolute Gasteiger partial charge is 0.481 e. The molecule has 6 saturated carbocycles. The number of nitrogens with zero attached hydrogens (tertiary/aromatic N) is 2. The molecule has 2 saturated heterocycles. The normalized spacial score (nSPS) is 49.0. The Morgan fingerprint density at radius 3 is 2.42 bits per heavy atom. The highest BCUT2D eigenvalue weighted by atomic mass is 16.7. The monoisotopic (exact) mass is 1130 g/mol. The first-order valence-corrected chi connectivity index (χ1v) is 30.3. The molecule has 21 nitrogen and oxygen atoms in total. The molecular formula is C60H87N7O14. The molecule has 8 fully saturated rings. The lowest BCUT2D eigenvalue weighted by Gasteiger charge is -2.85. The average molecular weight is 1130 g/mol. The second-order valence-electron chi connectivity index (χ2n) is 28.2. The molecule has 5 heterocycles. The van der Waals surface area contributed by atoms with Gasteiger partial charge in [-0.3, -0.25) is 9.59 Å². The molecule has 2 aromatic heterocycles. The number of hydrogen-bond donors (Lipinski definition) is 15. The maximum atomic E-state index is 14.9. The topological polar surface area (TPSA) is 362 Å². The number of nitrogens with one attached hydrogen (secondary N) is 4. The number of anilines is 1. The summed E-state index contributed by atoms with van der Waals surface area (Å²) in [5.74, 6) is -6.36.